The second-order valence-corrected chi connectivity index (χ2v) is 5.07. The van der Waals surface area contributed by atoms with Crippen LogP contribution in [0.1, 0.15) is 12.5 Å². The second-order valence-electron chi connectivity index (χ2n) is 5.07. The molecule has 10 nitrogen and oxygen atoms in total. The van der Waals surface area contributed by atoms with Crippen LogP contribution in [0.15, 0.2) is 47.6 Å². The number of nitrogens with zero attached hydrogens (tertiary/aromatic N) is 2. The zero-order valence-electron chi connectivity index (χ0n) is 14.2. The maximum absolute atomic E-state index is 11.9. The fourth-order valence-electron chi connectivity index (χ4n) is 2.00. The summed E-state index contributed by atoms with van der Waals surface area (Å²) in [5.74, 6) is -2.35. The molecule has 0 radical (unpaired) electrons. The van der Waals surface area contributed by atoms with Gasteiger partial charge in [0.05, 0.1) is 23.4 Å². The van der Waals surface area contributed by atoms with Crippen molar-refractivity contribution in [2.24, 2.45) is 5.10 Å². The van der Waals surface area contributed by atoms with Crippen LogP contribution < -0.4 is 20.6 Å². The van der Waals surface area contributed by atoms with E-state index in [0.717, 1.165) is 18.3 Å². The number of carbonyl (C=O) groups is 2. The smallest absolute Gasteiger partial charge is 0.329 e. The first-order chi connectivity index (χ1) is 12.9. The third-order valence-corrected chi connectivity index (χ3v) is 3.20. The van der Waals surface area contributed by atoms with Gasteiger partial charge in [0, 0.05) is 11.6 Å². The number of hydrazone groups is 1. The standard InChI is InChI=1S/C17H16N4O6/c1-2-27-15-6-4-3-5-12(15)19-16(23)17(24)20-18-10-11-7-8-14(22)13(9-11)21(25)26/h3-10,22H,2H2,1H3,(H,19,23)(H,20,24)/p-1/b18-10-. The molecule has 2 N–H and O–H groups in total. The summed E-state index contributed by atoms with van der Waals surface area (Å²) in [6.07, 6.45) is 1.08. The lowest BCUT2D eigenvalue weighted by Gasteiger charge is -2.10. The van der Waals surface area contributed by atoms with Crippen LogP contribution in [0.25, 0.3) is 0 Å². The minimum absolute atomic E-state index is 0.212. The molecular formula is C17H15N4O6-. The van der Waals surface area contributed by atoms with Crippen molar-refractivity contribution in [1.29, 1.82) is 0 Å². The molecule has 10 heteroatoms. The molecule has 0 fully saturated rings. The number of carbonyl (C=O) groups excluding carboxylic acids is 2. The van der Waals surface area contributed by atoms with Crippen molar-refractivity contribution in [3.8, 4) is 11.5 Å². The van der Waals surface area contributed by atoms with E-state index < -0.39 is 28.2 Å². The minimum atomic E-state index is -1.05. The summed E-state index contributed by atoms with van der Waals surface area (Å²) in [7, 11) is 0. The Balaban J connectivity index is 1.99. The average molecular weight is 371 g/mol. The molecular weight excluding hydrogens is 356 g/mol. The first-order valence-electron chi connectivity index (χ1n) is 7.74. The summed E-state index contributed by atoms with van der Waals surface area (Å²) in [5, 5.41) is 28.0. The fourth-order valence-corrected chi connectivity index (χ4v) is 2.00. The van der Waals surface area contributed by atoms with Gasteiger partial charge in [-0.2, -0.15) is 5.10 Å². The molecule has 0 saturated heterocycles. The Morgan fingerprint density at radius 2 is 1.96 bits per heavy atom. The monoisotopic (exact) mass is 371 g/mol. The maximum Gasteiger partial charge on any atom is 0.329 e. The summed E-state index contributed by atoms with van der Waals surface area (Å²) < 4.78 is 5.34. The van der Waals surface area contributed by atoms with Crippen molar-refractivity contribution in [1.82, 2.24) is 5.43 Å². The SMILES string of the molecule is CCOc1ccccc1NC(=O)C(=O)N/N=C\c1ccc([O-])c([N+](=O)[O-])c1. The molecule has 2 aromatic carbocycles. The van der Waals surface area contributed by atoms with Gasteiger partial charge in [-0.05, 0) is 24.8 Å². The van der Waals surface area contributed by atoms with E-state index in [1.807, 2.05) is 5.43 Å². The van der Waals surface area contributed by atoms with E-state index in [1.54, 1.807) is 31.2 Å². The molecule has 0 unspecified atom stereocenters. The van der Waals surface area contributed by atoms with Crippen molar-refractivity contribution >= 4 is 29.4 Å². The Morgan fingerprint density at radius 3 is 2.67 bits per heavy atom. The molecule has 0 spiro atoms. The molecule has 140 valence electrons. The summed E-state index contributed by atoms with van der Waals surface area (Å²) in [6.45, 7) is 2.17. The summed E-state index contributed by atoms with van der Waals surface area (Å²) in [4.78, 5) is 33.6. The molecule has 0 bridgehead atoms. The zero-order chi connectivity index (χ0) is 19.8. The van der Waals surface area contributed by atoms with Crippen LogP contribution in [0.4, 0.5) is 11.4 Å². The number of nitro benzene ring substituents is 1. The van der Waals surface area contributed by atoms with E-state index in [4.69, 9.17) is 4.74 Å². The van der Waals surface area contributed by atoms with E-state index in [0.29, 0.717) is 18.0 Å². The molecule has 0 atom stereocenters. The third-order valence-electron chi connectivity index (χ3n) is 3.20. The molecule has 0 aromatic heterocycles. The lowest BCUT2D eigenvalue weighted by atomic mass is 10.2. The number of anilines is 1. The summed E-state index contributed by atoms with van der Waals surface area (Å²) in [5.41, 5.74) is 1.92. The van der Waals surface area contributed by atoms with Gasteiger partial charge in [0.2, 0.25) is 0 Å². The van der Waals surface area contributed by atoms with E-state index >= 15 is 0 Å². The Kier molecular flexibility index (Phi) is 6.42. The van der Waals surface area contributed by atoms with Gasteiger partial charge < -0.3 is 15.2 Å². The molecule has 0 heterocycles. The third kappa shape index (κ3) is 5.26. The molecule has 0 aliphatic rings. The lowest BCUT2D eigenvalue weighted by molar-refractivity contribution is -0.398. The number of nitro groups is 1. The van der Waals surface area contributed by atoms with Gasteiger partial charge in [-0.25, -0.2) is 5.43 Å². The number of rotatable bonds is 6. The van der Waals surface area contributed by atoms with Gasteiger partial charge in [0.25, 0.3) is 5.69 Å². The first kappa shape index (κ1) is 19.4. The quantitative estimate of drug-likeness (QED) is 0.337. The van der Waals surface area contributed by atoms with Gasteiger partial charge in [-0.15, -0.1) is 0 Å². The number of hydrogen-bond acceptors (Lipinski definition) is 7. The van der Waals surface area contributed by atoms with Gasteiger partial charge in [0.1, 0.15) is 5.75 Å². The van der Waals surface area contributed by atoms with Crippen molar-refractivity contribution in [3.05, 3.63) is 58.1 Å². The van der Waals surface area contributed by atoms with Crippen LogP contribution in [0.5, 0.6) is 11.5 Å². The van der Waals surface area contributed by atoms with Gasteiger partial charge in [-0.1, -0.05) is 24.3 Å². The number of nitrogens with one attached hydrogen (secondary N) is 2. The van der Waals surface area contributed by atoms with Crippen molar-refractivity contribution in [2.75, 3.05) is 11.9 Å². The largest absolute Gasteiger partial charge is 0.868 e. The molecule has 27 heavy (non-hydrogen) atoms. The molecule has 2 aromatic rings. The Morgan fingerprint density at radius 1 is 1.22 bits per heavy atom. The number of ether oxygens (including phenoxy) is 1. The number of hydrogen-bond donors (Lipinski definition) is 2. The zero-order valence-corrected chi connectivity index (χ0v) is 14.2. The number of para-hydroxylation sites is 2. The highest BCUT2D eigenvalue weighted by Gasteiger charge is 2.15. The van der Waals surface area contributed by atoms with E-state index in [-0.39, 0.29) is 5.56 Å². The van der Waals surface area contributed by atoms with Crippen molar-refractivity contribution in [2.45, 2.75) is 6.92 Å². The van der Waals surface area contributed by atoms with Gasteiger partial charge in [0.15, 0.2) is 0 Å². The Bertz CT molecular complexity index is 897. The van der Waals surface area contributed by atoms with E-state index in [9.17, 15) is 24.8 Å². The first-order valence-corrected chi connectivity index (χ1v) is 7.74. The lowest BCUT2D eigenvalue weighted by Crippen LogP contribution is -2.32. The number of amides is 2. The predicted octanol–water partition coefficient (Wildman–Crippen LogP) is 1.16. The highest BCUT2D eigenvalue weighted by atomic mass is 16.6. The van der Waals surface area contributed by atoms with Gasteiger partial charge in [-0.3, -0.25) is 19.7 Å². The Labute approximate surface area is 153 Å². The predicted molar refractivity (Wildman–Crippen MR) is 94.5 cm³/mol. The minimum Gasteiger partial charge on any atom is -0.868 e. The number of benzene rings is 2. The van der Waals surface area contributed by atoms with Crippen LogP contribution in [-0.4, -0.2) is 29.6 Å². The molecule has 0 aliphatic heterocycles. The van der Waals surface area contributed by atoms with Crippen LogP contribution >= 0.6 is 0 Å². The molecule has 0 aliphatic carbocycles. The summed E-state index contributed by atoms with van der Waals surface area (Å²) >= 11 is 0. The van der Waals surface area contributed by atoms with Crippen LogP contribution in [0.2, 0.25) is 0 Å². The van der Waals surface area contributed by atoms with Crippen molar-refractivity contribution < 1.29 is 24.4 Å². The molecule has 0 saturated carbocycles. The fraction of sp³-hybridized carbons (Fsp3) is 0.118. The van der Waals surface area contributed by atoms with Crippen molar-refractivity contribution in [3.63, 3.8) is 0 Å². The van der Waals surface area contributed by atoms with E-state index in [2.05, 4.69) is 10.4 Å². The topological polar surface area (TPSA) is 146 Å². The van der Waals surface area contributed by atoms with Crippen LogP contribution in [0, 0.1) is 10.1 Å². The normalized spacial score (nSPS) is 10.4. The molecule has 2 rings (SSSR count). The van der Waals surface area contributed by atoms with E-state index in [1.165, 1.54) is 6.07 Å². The average Bonchev–Trinajstić information content (AvgIpc) is 2.64. The maximum atomic E-state index is 11.9. The summed E-state index contributed by atoms with van der Waals surface area (Å²) in [6, 6.07) is 9.92. The highest BCUT2D eigenvalue weighted by molar-refractivity contribution is 6.39. The van der Waals surface area contributed by atoms with Crippen LogP contribution in [0.3, 0.4) is 0 Å². The molecule has 2 amide bonds. The highest BCUT2D eigenvalue weighted by Crippen LogP contribution is 2.24. The Hall–Kier alpha value is -3.95. The van der Waals surface area contributed by atoms with Gasteiger partial charge >= 0.3 is 11.8 Å². The van der Waals surface area contributed by atoms with Crippen LogP contribution in [-0.2, 0) is 9.59 Å². The second kappa shape index (κ2) is 8.94.